The monoisotopic (exact) mass is 449 g/mol. The molecular formula is C22H21Cl2NO5. The minimum Gasteiger partial charge on any atom is -0.507 e. The van der Waals surface area contributed by atoms with Gasteiger partial charge in [-0.1, -0.05) is 29.3 Å². The maximum Gasteiger partial charge on any atom is 0.295 e. The lowest BCUT2D eigenvalue weighted by molar-refractivity contribution is -0.140. The minimum absolute atomic E-state index is 0.0337. The van der Waals surface area contributed by atoms with Gasteiger partial charge in [-0.25, -0.2) is 0 Å². The Morgan fingerprint density at radius 2 is 1.87 bits per heavy atom. The smallest absolute Gasteiger partial charge is 0.295 e. The molecule has 1 atom stereocenters. The van der Waals surface area contributed by atoms with Crippen LogP contribution in [0.15, 0.2) is 42.0 Å². The van der Waals surface area contributed by atoms with E-state index in [1.54, 1.807) is 37.3 Å². The van der Waals surface area contributed by atoms with E-state index in [1.807, 2.05) is 0 Å². The van der Waals surface area contributed by atoms with Gasteiger partial charge in [0.15, 0.2) is 0 Å². The van der Waals surface area contributed by atoms with E-state index >= 15 is 0 Å². The van der Waals surface area contributed by atoms with Gasteiger partial charge in [0.05, 0.1) is 25.3 Å². The summed E-state index contributed by atoms with van der Waals surface area (Å²) in [5.41, 5.74) is 1.57. The minimum atomic E-state index is -0.869. The fraction of sp³-hybridized carbons (Fsp3) is 0.273. The maximum absolute atomic E-state index is 12.9. The number of hydrogen-bond acceptors (Lipinski definition) is 5. The van der Waals surface area contributed by atoms with Gasteiger partial charge >= 0.3 is 0 Å². The molecule has 0 spiro atoms. The summed E-state index contributed by atoms with van der Waals surface area (Å²) in [6.07, 6.45) is 0. The Kier molecular flexibility index (Phi) is 6.71. The number of aliphatic hydroxyl groups excluding tert-OH is 1. The highest BCUT2D eigenvalue weighted by atomic mass is 35.5. The van der Waals surface area contributed by atoms with Crippen molar-refractivity contribution in [1.29, 1.82) is 0 Å². The van der Waals surface area contributed by atoms with Crippen LogP contribution in [0.4, 0.5) is 0 Å². The van der Waals surface area contributed by atoms with Crippen molar-refractivity contribution in [2.75, 3.05) is 27.4 Å². The number of rotatable bonds is 6. The van der Waals surface area contributed by atoms with Gasteiger partial charge in [0.1, 0.15) is 11.5 Å². The molecule has 2 aromatic carbocycles. The number of likely N-dealkylation sites (tertiary alicyclic amines) is 1. The molecule has 0 radical (unpaired) electrons. The molecule has 1 amide bonds. The van der Waals surface area contributed by atoms with Crippen LogP contribution in [0.3, 0.4) is 0 Å². The lowest BCUT2D eigenvalue weighted by Gasteiger charge is -2.26. The van der Waals surface area contributed by atoms with Gasteiger partial charge in [0.2, 0.25) is 0 Å². The molecule has 158 valence electrons. The van der Waals surface area contributed by atoms with Crippen molar-refractivity contribution >= 4 is 40.7 Å². The van der Waals surface area contributed by atoms with E-state index in [9.17, 15) is 14.7 Å². The van der Waals surface area contributed by atoms with Crippen LogP contribution in [0.5, 0.6) is 5.75 Å². The van der Waals surface area contributed by atoms with Gasteiger partial charge < -0.3 is 19.5 Å². The molecule has 1 aliphatic rings. The number of methoxy groups -OCH3 is 2. The number of amides is 1. The highest BCUT2D eigenvalue weighted by Crippen LogP contribution is 2.42. The van der Waals surface area contributed by atoms with E-state index in [-0.39, 0.29) is 29.5 Å². The van der Waals surface area contributed by atoms with Crippen molar-refractivity contribution in [1.82, 2.24) is 4.90 Å². The Labute approximate surface area is 184 Å². The third-order valence-electron chi connectivity index (χ3n) is 5.02. The zero-order valence-electron chi connectivity index (χ0n) is 16.7. The first-order chi connectivity index (χ1) is 14.3. The molecule has 1 aliphatic heterocycles. The van der Waals surface area contributed by atoms with Gasteiger partial charge in [0.25, 0.3) is 11.7 Å². The summed E-state index contributed by atoms with van der Waals surface area (Å²) < 4.78 is 10.3. The summed E-state index contributed by atoms with van der Waals surface area (Å²) in [5.74, 6) is -1.17. The topological polar surface area (TPSA) is 76.1 Å². The second-order valence-corrected chi connectivity index (χ2v) is 7.68. The van der Waals surface area contributed by atoms with Gasteiger partial charge in [0, 0.05) is 29.3 Å². The number of aliphatic hydroxyl groups is 1. The second-order valence-electron chi connectivity index (χ2n) is 6.83. The molecule has 2 aromatic rings. The summed E-state index contributed by atoms with van der Waals surface area (Å²) in [6.45, 7) is 2.16. The summed E-state index contributed by atoms with van der Waals surface area (Å²) in [5, 5.41) is 11.8. The predicted molar refractivity (Wildman–Crippen MR) is 115 cm³/mol. The number of nitrogens with zero attached hydrogens (tertiary/aromatic N) is 1. The number of benzene rings is 2. The number of carbonyl (C=O) groups excluding carboxylic acids is 2. The molecule has 8 heteroatoms. The Morgan fingerprint density at radius 1 is 1.13 bits per heavy atom. The Balaban J connectivity index is 2.22. The Hall–Kier alpha value is -2.54. The van der Waals surface area contributed by atoms with Crippen LogP contribution in [0.1, 0.15) is 22.7 Å². The summed E-state index contributed by atoms with van der Waals surface area (Å²) in [4.78, 5) is 27.1. The SMILES string of the molecule is COCCN1C(=O)C(=O)/C(=C(/O)c2ccc(OC)cc2C)[C@H]1c1ccc(Cl)cc1Cl. The normalized spacial score (nSPS) is 18.2. The lowest BCUT2D eigenvalue weighted by Crippen LogP contribution is -2.32. The molecule has 0 saturated carbocycles. The summed E-state index contributed by atoms with van der Waals surface area (Å²) in [7, 11) is 3.04. The van der Waals surface area contributed by atoms with Crippen molar-refractivity contribution in [2.24, 2.45) is 0 Å². The first kappa shape index (κ1) is 22.2. The Bertz CT molecular complexity index is 1030. The van der Waals surface area contributed by atoms with Crippen molar-refractivity contribution < 1.29 is 24.2 Å². The molecule has 3 rings (SSSR count). The number of hydrogen-bond donors (Lipinski definition) is 1. The van der Waals surface area contributed by atoms with Crippen LogP contribution >= 0.6 is 23.2 Å². The van der Waals surface area contributed by atoms with E-state index in [1.165, 1.54) is 25.2 Å². The maximum atomic E-state index is 12.9. The molecule has 1 saturated heterocycles. The highest BCUT2D eigenvalue weighted by Gasteiger charge is 2.46. The van der Waals surface area contributed by atoms with Crippen LogP contribution in [0.2, 0.25) is 10.0 Å². The largest absolute Gasteiger partial charge is 0.507 e. The fourth-order valence-corrected chi connectivity index (χ4v) is 4.03. The molecule has 1 fully saturated rings. The molecule has 0 aromatic heterocycles. The van der Waals surface area contributed by atoms with Crippen LogP contribution in [0, 0.1) is 6.92 Å². The molecule has 0 unspecified atom stereocenters. The Morgan fingerprint density at radius 3 is 2.47 bits per heavy atom. The zero-order chi connectivity index (χ0) is 22.0. The molecule has 30 heavy (non-hydrogen) atoms. The standard InChI is InChI=1S/C22H21Cl2NO5/c1-12-10-14(30-3)5-7-15(12)20(26)18-19(16-6-4-13(23)11-17(16)24)25(8-9-29-2)22(28)21(18)27/h4-7,10-11,19,26H,8-9H2,1-3H3/b20-18+/t19-/m1/s1. The van der Waals surface area contributed by atoms with Crippen LogP contribution < -0.4 is 4.74 Å². The molecule has 6 nitrogen and oxygen atoms in total. The molecule has 1 heterocycles. The second kappa shape index (κ2) is 9.08. The molecular weight excluding hydrogens is 429 g/mol. The summed E-state index contributed by atoms with van der Waals surface area (Å²) in [6, 6.07) is 8.99. The lowest BCUT2D eigenvalue weighted by atomic mass is 9.94. The molecule has 0 bridgehead atoms. The summed E-state index contributed by atoms with van der Waals surface area (Å²) >= 11 is 12.4. The van der Waals surface area contributed by atoms with Crippen LogP contribution in [-0.4, -0.2) is 49.1 Å². The number of ketones is 1. The third-order valence-corrected chi connectivity index (χ3v) is 5.58. The van der Waals surface area contributed by atoms with Gasteiger partial charge in [-0.2, -0.15) is 0 Å². The van der Waals surface area contributed by atoms with E-state index in [0.29, 0.717) is 27.5 Å². The average Bonchev–Trinajstić information content (AvgIpc) is 2.96. The van der Waals surface area contributed by atoms with Crippen molar-refractivity contribution in [3.05, 3.63) is 68.7 Å². The van der Waals surface area contributed by atoms with E-state index < -0.39 is 17.7 Å². The number of carbonyl (C=O) groups is 2. The van der Waals surface area contributed by atoms with E-state index in [0.717, 1.165) is 0 Å². The average molecular weight is 450 g/mol. The van der Waals surface area contributed by atoms with E-state index in [4.69, 9.17) is 32.7 Å². The molecule has 1 N–H and O–H groups in total. The molecule has 0 aliphatic carbocycles. The quantitative estimate of drug-likeness (QED) is 0.402. The first-order valence-electron chi connectivity index (χ1n) is 9.17. The third kappa shape index (κ3) is 4.03. The zero-order valence-corrected chi connectivity index (χ0v) is 18.3. The van der Waals surface area contributed by atoms with Crippen molar-refractivity contribution in [2.45, 2.75) is 13.0 Å². The van der Waals surface area contributed by atoms with Crippen LogP contribution in [0.25, 0.3) is 5.76 Å². The van der Waals surface area contributed by atoms with Crippen molar-refractivity contribution in [3.63, 3.8) is 0 Å². The highest BCUT2D eigenvalue weighted by molar-refractivity contribution is 6.47. The van der Waals surface area contributed by atoms with Crippen molar-refractivity contribution in [3.8, 4) is 5.75 Å². The number of aryl methyl sites for hydroxylation is 1. The van der Waals surface area contributed by atoms with Gasteiger partial charge in [-0.05, 0) is 48.4 Å². The van der Waals surface area contributed by atoms with Gasteiger partial charge in [-0.15, -0.1) is 0 Å². The first-order valence-corrected chi connectivity index (χ1v) is 9.93. The fourth-order valence-electron chi connectivity index (χ4n) is 3.52. The number of halogens is 2. The predicted octanol–water partition coefficient (Wildman–Crippen LogP) is 4.38. The van der Waals surface area contributed by atoms with E-state index in [2.05, 4.69) is 0 Å². The number of Topliss-reactive ketones (excluding diaryl/α,β-unsaturated/α-hetero) is 1. The number of ether oxygens (including phenoxy) is 2. The van der Waals surface area contributed by atoms with Crippen LogP contribution in [-0.2, 0) is 14.3 Å². The van der Waals surface area contributed by atoms with Gasteiger partial charge in [-0.3, -0.25) is 9.59 Å².